The number of hydrogen-bond acceptors (Lipinski definition) is 4. The summed E-state index contributed by atoms with van der Waals surface area (Å²) in [5.41, 5.74) is 0.189. The molecule has 1 aliphatic carbocycles. The minimum absolute atomic E-state index is 0.0126. The molecule has 1 aliphatic heterocycles. The normalized spacial score (nSPS) is 11.3. The van der Waals surface area contributed by atoms with Crippen molar-refractivity contribution in [2.24, 2.45) is 0 Å². The van der Waals surface area contributed by atoms with Crippen LogP contribution in [0.3, 0.4) is 0 Å². The van der Waals surface area contributed by atoms with E-state index in [1.807, 2.05) is 0 Å². The van der Waals surface area contributed by atoms with E-state index in [0.29, 0.717) is 35.8 Å². The zero-order chi connectivity index (χ0) is 18.1. The van der Waals surface area contributed by atoms with Crippen LogP contribution in [0.25, 0.3) is 22.3 Å². The Morgan fingerprint density at radius 1 is 1.08 bits per heavy atom. The van der Waals surface area contributed by atoms with Crippen LogP contribution in [0, 0.1) is 11.6 Å². The fourth-order valence-corrected chi connectivity index (χ4v) is 2.83. The molecule has 0 saturated heterocycles. The number of hydrogen-bond donors (Lipinski definition) is 2. The average Bonchev–Trinajstić information content (AvgIpc) is 2.54. The molecule has 2 N–H and O–H groups in total. The highest BCUT2D eigenvalue weighted by atomic mass is 19.1. The first kappa shape index (κ1) is 16.9. The minimum atomic E-state index is -0.951. The lowest BCUT2D eigenvalue weighted by Crippen LogP contribution is -2.07. The topological polar surface area (TPSA) is 87.7 Å². The summed E-state index contributed by atoms with van der Waals surface area (Å²) in [7, 11) is 0. The van der Waals surface area contributed by atoms with Gasteiger partial charge >= 0.3 is 5.97 Å². The molecule has 0 spiro atoms. The predicted octanol–water partition coefficient (Wildman–Crippen LogP) is 3.68. The van der Waals surface area contributed by atoms with E-state index in [-0.39, 0.29) is 17.8 Å². The largest absolute Gasteiger partial charge is 0.505 e. The summed E-state index contributed by atoms with van der Waals surface area (Å²) >= 11 is 0. The van der Waals surface area contributed by atoms with Gasteiger partial charge < -0.3 is 14.6 Å². The molecule has 0 unspecified atom stereocenters. The molecule has 0 bridgehead atoms. The zero-order valence-electron chi connectivity index (χ0n) is 13.0. The number of carbonyl (C=O) groups is 1. The second kappa shape index (κ2) is 6.51. The quantitative estimate of drug-likeness (QED) is 0.542. The van der Waals surface area contributed by atoms with Gasteiger partial charge in [0.2, 0.25) is 5.43 Å². The van der Waals surface area contributed by atoms with Crippen molar-refractivity contribution in [1.29, 1.82) is 0 Å². The van der Waals surface area contributed by atoms with E-state index < -0.39 is 28.8 Å². The Morgan fingerprint density at radius 3 is 2.56 bits per heavy atom. The first-order chi connectivity index (χ1) is 11.9. The molecule has 2 aliphatic rings. The summed E-state index contributed by atoms with van der Waals surface area (Å²) in [6, 6.07) is 4.23. The second-order valence-electron chi connectivity index (χ2n) is 5.76. The van der Waals surface area contributed by atoms with Gasteiger partial charge in [-0.05, 0) is 37.0 Å². The Kier molecular flexibility index (Phi) is 4.39. The van der Waals surface area contributed by atoms with Gasteiger partial charge in [-0.1, -0.05) is 0 Å². The highest BCUT2D eigenvalue weighted by molar-refractivity contribution is 5.89. The molecule has 0 radical (unpaired) electrons. The molecule has 130 valence electrons. The molecule has 7 heteroatoms. The zero-order valence-corrected chi connectivity index (χ0v) is 13.0. The van der Waals surface area contributed by atoms with E-state index in [9.17, 15) is 23.5 Å². The fourth-order valence-electron chi connectivity index (χ4n) is 2.83. The van der Waals surface area contributed by atoms with Gasteiger partial charge in [-0.25, -0.2) is 8.78 Å². The van der Waals surface area contributed by atoms with Crippen molar-refractivity contribution in [3.05, 3.63) is 51.7 Å². The van der Waals surface area contributed by atoms with Crippen LogP contribution >= 0.6 is 0 Å². The molecule has 0 atom stereocenters. The number of phenols is 1. The maximum Gasteiger partial charge on any atom is 0.303 e. The van der Waals surface area contributed by atoms with Gasteiger partial charge in [-0.15, -0.1) is 0 Å². The molecular weight excluding hydrogens is 334 g/mol. The molecule has 1 aromatic rings. The van der Waals surface area contributed by atoms with Crippen molar-refractivity contribution in [2.45, 2.75) is 25.7 Å². The molecule has 0 saturated carbocycles. The van der Waals surface area contributed by atoms with Gasteiger partial charge in [0.25, 0.3) is 0 Å². The predicted molar refractivity (Wildman–Crippen MR) is 85.9 cm³/mol. The maximum absolute atomic E-state index is 13.8. The highest BCUT2D eigenvalue weighted by Crippen LogP contribution is 2.36. The van der Waals surface area contributed by atoms with E-state index in [2.05, 4.69) is 0 Å². The van der Waals surface area contributed by atoms with Gasteiger partial charge in [0, 0.05) is 29.5 Å². The van der Waals surface area contributed by atoms with Crippen molar-refractivity contribution in [3.8, 4) is 17.1 Å². The van der Waals surface area contributed by atoms with E-state index in [1.165, 1.54) is 0 Å². The van der Waals surface area contributed by atoms with Crippen LogP contribution in [0.2, 0.25) is 0 Å². The van der Waals surface area contributed by atoms with Crippen LogP contribution in [0.5, 0.6) is 5.75 Å². The first-order valence-corrected chi connectivity index (χ1v) is 7.66. The van der Waals surface area contributed by atoms with Gasteiger partial charge in [0.05, 0.1) is 0 Å². The van der Waals surface area contributed by atoms with E-state index in [0.717, 1.165) is 24.3 Å². The molecular formula is C18H14F2O5. The number of aryl methyl sites for hydroxylation is 1. The maximum atomic E-state index is 13.8. The smallest absolute Gasteiger partial charge is 0.303 e. The van der Waals surface area contributed by atoms with Crippen LogP contribution in [-0.2, 0) is 11.2 Å². The van der Waals surface area contributed by atoms with Crippen LogP contribution < -0.4 is 5.43 Å². The number of carboxylic acid groups (broad SMARTS) is 1. The number of aromatic hydroxyl groups is 1. The van der Waals surface area contributed by atoms with Gasteiger partial charge in [-0.2, -0.15) is 0 Å². The highest BCUT2D eigenvalue weighted by Gasteiger charge is 2.19. The molecule has 0 aromatic heterocycles. The number of carboxylic acids is 1. The van der Waals surface area contributed by atoms with Crippen molar-refractivity contribution >= 4 is 16.9 Å². The third-order valence-electron chi connectivity index (χ3n) is 4.02. The standard InChI is InChI=1S/C18H14F2O5/c19-12-5-10-9(3-1-2-4-18(23)24)11-6-13(20)15(22)8-17(11)25-16(10)7-14(12)21/h5-8,21H,1-4H2,(H,23,24). The lowest BCUT2D eigenvalue weighted by Gasteiger charge is -2.15. The minimum Gasteiger partial charge on any atom is -0.505 e. The number of rotatable bonds is 5. The van der Waals surface area contributed by atoms with Crippen molar-refractivity contribution in [3.63, 3.8) is 0 Å². The van der Waals surface area contributed by atoms with E-state index >= 15 is 0 Å². The van der Waals surface area contributed by atoms with Crippen molar-refractivity contribution in [1.82, 2.24) is 0 Å². The van der Waals surface area contributed by atoms with Gasteiger partial charge in [0.1, 0.15) is 11.3 Å². The third-order valence-corrected chi connectivity index (χ3v) is 4.02. The van der Waals surface area contributed by atoms with E-state index in [4.69, 9.17) is 9.52 Å². The van der Waals surface area contributed by atoms with Crippen LogP contribution in [0.4, 0.5) is 8.78 Å². The molecule has 3 rings (SSSR count). The fraction of sp³-hybridized carbons (Fsp3) is 0.222. The Balaban J connectivity index is 2.17. The van der Waals surface area contributed by atoms with Crippen LogP contribution in [-0.4, -0.2) is 16.2 Å². The molecule has 1 heterocycles. The third kappa shape index (κ3) is 3.31. The van der Waals surface area contributed by atoms with Gasteiger partial charge in [0.15, 0.2) is 17.4 Å². The Bertz CT molecular complexity index is 993. The number of aliphatic carboxylic acids is 1. The monoisotopic (exact) mass is 348 g/mol. The van der Waals surface area contributed by atoms with Crippen LogP contribution in [0.15, 0.2) is 33.5 Å². The summed E-state index contributed by atoms with van der Waals surface area (Å²) < 4.78 is 33.0. The van der Waals surface area contributed by atoms with E-state index in [1.54, 1.807) is 0 Å². The Labute approximate surface area is 140 Å². The molecule has 1 aromatic carbocycles. The molecule has 0 fully saturated rings. The number of phenolic OH excluding ortho intramolecular Hbond substituents is 1. The number of halogens is 2. The molecule has 5 nitrogen and oxygen atoms in total. The lowest BCUT2D eigenvalue weighted by molar-refractivity contribution is -0.137. The van der Waals surface area contributed by atoms with Gasteiger partial charge in [-0.3, -0.25) is 9.59 Å². The summed E-state index contributed by atoms with van der Waals surface area (Å²) in [6.45, 7) is 0. The Morgan fingerprint density at radius 2 is 1.84 bits per heavy atom. The van der Waals surface area contributed by atoms with Crippen molar-refractivity contribution in [2.75, 3.05) is 0 Å². The lowest BCUT2D eigenvalue weighted by atomic mass is 9.95. The van der Waals surface area contributed by atoms with Crippen molar-refractivity contribution < 1.29 is 28.2 Å². The summed E-state index contributed by atoms with van der Waals surface area (Å²) in [5.74, 6) is -3.20. The second-order valence-corrected chi connectivity index (χ2v) is 5.76. The first-order valence-electron chi connectivity index (χ1n) is 7.66. The summed E-state index contributed by atoms with van der Waals surface area (Å²) in [6.07, 6.45) is 1.20. The molecule has 25 heavy (non-hydrogen) atoms. The number of benzene rings is 2. The summed E-state index contributed by atoms with van der Waals surface area (Å²) in [4.78, 5) is 22.2. The average molecular weight is 348 g/mol. The van der Waals surface area contributed by atoms with Crippen LogP contribution in [0.1, 0.15) is 24.8 Å². The number of unbranched alkanes of at least 4 members (excludes halogenated alkanes) is 1. The SMILES string of the molecule is O=C(O)CCCCc1c2cc(F)c(=O)cc-2oc2cc(O)c(F)cc12. The number of fused-ring (bicyclic) bond motifs is 2. The summed E-state index contributed by atoms with van der Waals surface area (Å²) in [5, 5.41) is 18.6. The Hall–Kier alpha value is -2.96. The molecule has 0 amide bonds.